The Balaban J connectivity index is 2.89. The zero-order valence-electron chi connectivity index (χ0n) is 9.62. The van der Waals surface area contributed by atoms with Crippen LogP contribution in [0.2, 0.25) is 5.02 Å². The van der Waals surface area contributed by atoms with Crippen molar-refractivity contribution in [1.29, 1.82) is 0 Å². The number of carbonyl (C=O) groups is 1. The van der Waals surface area contributed by atoms with Crippen molar-refractivity contribution in [3.63, 3.8) is 0 Å². The normalized spacial score (nSPS) is 10.3. The monoisotopic (exact) mass is 319 g/mol. The van der Waals surface area contributed by atoms with Crippen molar-refractivity contribution >= 4 is 33.4 Å². The lowest BCUT2D eigenvalue weighted by Crippen LogP contribution is -2.32. The second-order valence-corrected chi connectivity index (χ2v) is 4.82. The highest BCUT2D eigenvalue weighted by Gasteiger charge is 2.17. The van der Waals surface area contributed by atoms with E-state index >= 15 is 0 Å². The van der Waals surface area contributed by atoms with E-state index in [0.717, 1.165) is 11.8 Å². The summed E-state index contributed by atoms with van der Waals surface area (Å²) in [6.07, 6.45) is 0.876. The van der Waals surface area contributed by atoms with Crippen molar-refractivity contribution in [1.82, 2.24) is 4.90 Å². The topological polar surface area (TPSA) is 40.5 Å². The summed E-state index contributed by atoms with van der Waals surface area (Å²) in [5.74, 6) is -0.217. The van der Waals surface area contributed by atoms with Gasteiger partial charge in [-0.25, -0.2) is 0 Å². The Morgan fingerprint density at radius 1 is 1.53 bits per heavy atom. The van der Waals surface area contributed by atoms with Gasteiger partial charge in [-0.15, -0.1) is 0 Å². The Bertz CT molecular complexity index is 398. The SMILES string of the molecule is CCN(CCCBr)C(=O)c1cc(Cl)ccc1O. The summed E-state index contributed by atoms with van der Waals surface area (Å²) in [7, 11) is 0. The molecule has 0 heterocycles. The van der Waals surface area contributed by atoms with Crippen LogP contribution in [0.5, 0.6) is 5.75 Å². The van der Waals surface area contributed by atoms with Crippen LogP contribution in [0.25, 0.3) is 0 Å². The highest BCUT2D eigenvalue weighted by Crippen LogP contribution is 2.23. The lowest BCUT2D eigenvalue weighted by Gasteiger charge is -2.21. The van der Waals surface area contributed by atoms with E-state index < -0.39 is 0 Å². The number of carbonyl (C=O) groups excluding carboxylic acids is 1. The summed E-state index contributed by atoms with van der Waals surface area (Å²) in [6.45, 7) is 3.18. The Hall–Kier alpha value is -0.740. The minimum atomic E-state index is -0.187. The van der Waals surface area contributed by atoms with Gasteiger partial charge in [-0.05, 0) is 31.5 Å². The molecule has 0 atom stereocenters. The molecule has 3 nitrogen and oxygen atoms in total. The van der Waals surface area contributed by atoms with Crippen molar-refractivity contribution in [3.05, 3.63) is 28.8 Å². The van der Waals surface area contributed by atoms with E-state index in [9.17, 15) is 9.90 Å². The average molecular weight is 321 g/mol. The first-order valence-corrected chi connectivity index (χ1v) is 6.93. The Kier molecular flexibility index (Phi) is 5.78. The molecule has 0 saturated heterocycles. The maximum atomic E-state index is 12.1. The quantitative estimate of drug-likeness (QED) is 0.846. The van der Waals surface area contributed by atoms with Gasteiger partial charge in [0.25, 0.3) is 5.91 Å². The average Bonchev–Trinajstić information content (AvgIpc) is 2.33. The Labute approximate surface area is 115 Å². The molecule has 1 aromatic rings. The van der Waals surface area contributed by atoms with Crippen LogP contribution < -0.4 is 0 Å². The molecule has 1 aromatic carbocycles. The summed E-state index contributed by atoms with van der Waals surface area (Å²) in [5.41, 5.74) is 0.258. The number of amides is 1. The van der Waals surface area contributed by atoms with Crippen molar-refractivity contribution in [2.24, 2.45) is 0 Å². The zero-order valence-corrected chi connectivity index (χ0v) is 12.0. The third kappa shape index (κ3) is 3.89. The fraction of sp³-hybridized carbons (Fsp3) is 0.417. The van der Waals surface area contributed by atoms with E-state index in [1.54, 1.807) is 11.0 Å². The van der Waals surface area contributed by atoms with Gasteiger partial charge in [-0.2, -0.15) is 0 Å². The number of hydrogen-bond donors (Lipinski definition) is 1. The molecule has 0 aromatic heterocycles. The fourth-order valence-electron chi connectivity index (χ4n) is 1.50. The highest BCUT2D eigenvalue weighted by atomic mass is 79.9. The molecule has 5 heteroatoms. The summed E-state index contributed by atoms with van der Waals surface area (Å²) in [5, 5.41) is 11.0. The number of nitrogens with zero attached hydrogens (tertiary/aromatic N) is 1. The molecule has 1 amide bonds. The van der Waals surface area contributed by atoms with E-state index in [4.69, 9.17) is 11.6 Å². The first-order chi connectivity index (χ1) is 8.10. The van der Waals surface area contributed by atoms with Crippen molar-refractivity contribution in [2.75, 3.05) is 18.4 Å². The molecule has 0 bridgehead atoms. The molecular formula is C12H15BrClNO2. The van der Waals surface area contributed by atoms with E-state index in [2.05, 4.69) is 15.9 Å². The maximum Gasteiger partial charge on any atom is 0.257 e. The standard InChI is InChI=1S/C12H15BrClNO2/c1-2-15(7-3-6-13)12(17)10-8-9(14)4-5-11(10)16/h4-5,8,16H,2-3,6-7H2,1H3. The second-order valence-electron chi connectivity index (χ2n) is 3.59. The van der Waals surface area contributed by atoms with Crippen LogP contribution in [-0.2, 0) is 0 Å². The second kappa shape index (κ2) is 6.87. The summed E-state index contributed by atoms with van der Waals surface area (Å²) >= 11 is 9.15. The zero-order chi connectivity index (χ0) is 12.8. The molecule has 0 fully saturated rings. The molecule has 0 aliphatic heterocycles. The van der Waals surface area contributed by atoms with E-state index in [1.165, 1.54) is 12.1 Å². The molecule has 94 valence electrons. The molecule has 0 radical (unpaired) electrons. The predicted octanol–water partition coefficient (Wildman–Crippen LogP) is 3.29. The highest BCUT2D eigenvalue weighted by molar-refractivity contribution is 9.09. The number of phenolic OH excluding ortho intramolecular Hbond substituents is 1. The van der Waals surface area contributed by atoms with Crippen LogP contribution in [0.3, 0.4) is 0 Å². The molecule has 0 unspecified atom stereocenters. The number of rotatable bonds is 5. The third-order valence-corrected chi connectivity index (χ3v) is 3.22. The molecule has 0 spiro atoms. The minimum absolute atomic E-state index is 0.0308. The van der Waals surface area contributed by atoms with Crippen LogP contribution in [0, 0.1) is 0 Å². The van der Waals surface area contributed by atoms with Gasteiger partial charge in [0.1, 0.15) is 5.75 Å². The number of benzene rings is 1. The Morgan fingerprint density at radius 3 is 2.82 bits per heavy atom. The third-order valence-electron chi connectivity index (χ3n) is 2.42. The largest absolute Gasteiger partial charge is 0.507 e. The number of alkyl halides is 1. The molecule has 17 heavy (non-hydrogen) atoms. The number of aromatic hydroxyl groups is 1. The van der Waals surface area contributed by atoms with E-state index in [0.29, 0.717) is 18.1 Å². The van der Waals surface area contributed by atoms with Crippen molar-refractivity contribution in [2.45, 2.75) is 13.3 Å². The van der Waals surface area contributed by atoms with Gasteiger partial charge in [-0.3, -0.25) is 4.79 Å². The lowest BCUT2D eigenvalue weighted by atomic mass is 10.1. The van der Waals surface area contributed by atoms with Gasteiger partial charge in [-0.1, -0.05) is 27.5 Å². The van der Waals surface area contributed by atoms with E-state index in [-0.39, 0.29) is 17.2 Å². The van der Waals surface area contributed by atoms with Gasteiger partial charge in [0.05, 0.1) is 5.56 Å². The molecule has 0 aliphatic carbocycles. The summed E-state index contributed by atoms with van der Waals surface area (Å²) < 4.78 is 0. The molecule has 0 aliphatic rings. The molecule has 1 rings (SSSR count). The number of phenols is 1. The first kappa shape index (κ1) is 14.3. The summed E-state index contributed by atoms with van der Waals surface area (Å²) in [6, 6.07) is 4.49. The van der Waals surface area contributed by atoms with Gasteiger partial charge < -0.3 is 10.0 Å². The fourth-order valence-corrected chi connectivity index (χ4v) is 1.93. The molecular weight excluding hydrogens is 305 g/mol. The summed E-state index contributed by atoms with van der Waals surface area (Å²) in [4.78, 5) is 13.8. The predicted molar refractivity (Wildman–Crippen MR) is 73.1 cm³/mol. The van der Waals surface area contributed by atoms with Gasteiger partial charge in [0, 0.05) is 23.4 Å². The smallest absolute Gasteiger partial charge is 0.257 e. The van der Waals surface area contributed by atoms with Crippen LogP contribution in [0.4, 0.5) is 0 Å². The van der Waals surface area contributed by atoms with Crippen LogP contribution in [-0.4, -0.2) is 34.3 Å². The van der Waals surface area contributed by atoms with Crippen LogP contribution >= 0.6 is 27.5 Å². The van der Waals surface area contributed by atoms with Crippen molar-refractivity contribution in [3.8, 4) is 5.75 Å². The maximum absolute atomic E-state index is 12.1. The van der Waals surface area contributed by atoms with Gasteiger partial charge in [0.2, 0.25) is 0 Å². The van der Waals surface area contributed by atoms with E-state index in [1.807, 2.05) is 6.92 Å². The molecule has 1 N–H and O–H groups in total. The lowest BCUT2D eigenvalue weighted by molar-refractivity contribution is 0.0762. The van der Waals surface area contributed by atoms with Gasteiger partial charge in [0.15, 0.2) is 0 Å². The van der Waals surface area contributed by atoms with Gasteiger partial charge >= 0.3 is 0 Å². The minimum Gasteiger partial charge on any atom is -0.507 e. The van der Waals surface area contributed by atoms with Crippen LogP contribution in [0.1, 0.15) is 23.7 Å². The van der Waals surface area contributed by atoms with Crippen LogP contribution in [0.15, 0.2) is 18.2 Å². The molecule has 0 saturated carbocycles. The van der Waals surface area contributed by atoms with Crippen molar-refractivity contribution < 1.29 is 9.90 Å². The first-order valence-electron chi connectivity index (χ1n) is 5.44. The number of hydrogen-bond acceptors (Lipinski definition) is 2. The number of halogens is 2. The Morgan fingerprint density at radius 2 is 2.24 bits per heavy atom.